The Morgan fingerprint density at radius 1 is 0.593 bits per heavy atom. The molecule has 11 heterocycles. The fraction of sp³-hybridized carbons (Fsp3) is 0.491. The van der Waals surface area contributed by atoms with Gasteiger partial charge in [0.1, 0.15) is 57.1 Å². The van der Waals surface area contributed by atoms with Crippen LogP contribution in [0.2, 0.25) is 20.1 Å². The van der Waals surface area contributed by atoms with Gasteiger partial charge in [0.05, 0.1) is 55.0 Å². The van der Waals surface area contributed by atoms with Crippen LogP contribution in [0.5, 0.6) is 35.3 Å². The van der Waals surface area contributed by atoms with E-state index in [0.717, 1.165) is 112 Å². The highest BCUT2D eigenvalue weighted by Crippen LogP contribution is 2.46. The van der Waals surface area contributed by atoms with Crippen LogP contribution >= 0.6 is 58.8 Å². The predicted octanol–water partition coefficient (Wildman–Crippen LogP) is 11.0. The van der Waals surface area contributed by atoms with Crippen LogP contribution in [0.3, 0.4) is 0 Å². The lowest BCUT2D eigenvalue weighted by atomic mass is 10.1. The fourth-order valence-electron chi connectivity index (χ4n) is 11.4. The third-order valence-electron chi connectivity index (χ3n) is 15.5. The van der Waals surface area contributed by atoms with E-state index in [2.05, 4.69) is 44.9 Å². The number of hydrogen-bond donors (Lipinski definition) is 1. The Bertz CT molecular complexity index is 3530. The summed E-state index contributed by atoms with van der Waals surface area (Å²) in [7, 11) is 7.48. The van der Waals surface area contributed by atoms with Gasteiger partial charge in [-0.15, -0.1) is 12.4 Å². The number of rotatable bonds is 13. The molecule has 5 aliphatic heterocycles. The summed E-state index contributed by atoms with van der Waals surface area (Å²) < 4.78 is 44.8. The molecule has 0 bridgehead atoms. The predicted molar refractivity (Wildman–Crippen MR) is 314 cm³/mol. The number of piperidine rings is 2. The van der Waals surface area contributed by atoms with Crippen molar-refractivity contribution in [2.24, 2.45) is 0 Å². The molecule has 8 aromatic rings. The number of aromatic amines is 1. The molecular weight excluding hydrogens is 1150 g/mol. The maximum atomic E-state index is 6.77. The molecule has 0 spiro atoms. The first-order valence-corrected chi connectivity index (χ1v) is 28.8. The van der Waals surface area contributed by atoms with Crippen molar-refractivity contribution in [3.05, 3.63) is 69.1 Å². The molecule has 81 heavy (non-hydrogen) atoms. The zero-order valence-electron chi connectivity index (χ0n) is 45.3. The number of halogens is 5. The van der Waals surface area contributed by atoms with Crippen molar-refractivity contribution in [1.82, 2.24) is 59.7 Å². The summed E-state index contributed by atoms with van der Waals surface area (Å²) in [4.78, 5) is 37.5. The first-order chi connectivity index (χ1) is 39.0. The molecule has 5 fully saturated rings. The number of hydrogen-bond acceptors (Lipinski definition) is 19. The minimum absolute atomic E-state index is 0. The average molecular weight is 1210 g/mol. The van der Waals surface area contributed by atoms with E-state index in [9.17, 15) is 0 Å². The summed E-state index contributed by atoms with van der Waals surface area (Å²) in [6, 6.07) is 7.87. The molecule has 26 heteroatoms. The van der Waals surface area contributed by atoms with Crippen LogP contribution in [0.25, 0.3) is 43.6 Å². The van der Waals surface area contributed by atoms with Gasteiger partial charge in [-0.1, -0.05) is 46.4 Å². The molecule has 21 nitrogen and oxygen atoms in total. The number of anilines is 2. The van der Waals surface area contributed by atoms with Crippen molar-refractivity contribution in [3.8, 4) is 35.3 Å². The second kappa shape index (κ2) is 25.1. The number of methoxy groups -OCH3 is 2. The first kappa shape index (κ1) is 57.2. The molecule has 0 radical (unpaired) electrons. The van der Waals surface area contributed by atoms with Crippen LogP contribution in [0.15, 0.2) is 49.1 Å². The third-order valence-corrected chi connectivity index (χ3v) is 17.0. The molecule has 5 aliphatic rings. The maximum absolute atomic E-state index is 6.77. The van der Waals surface area contributed by atoms with Crippen molar-refractivity contribution >= 4 is 114 Å². The van der Waals surface area contributed by atoms with Crippen LogP contribution in [-0.4, -0.2) is 171 Å². The van der Waals surface area contributed by atoms with Crippen molar-refractivity contribution in [1.29, 1.82) is 0 Å². The number of H-pyrrole nitrogens is 1. The van der Waals surface area contributed by atoms with Gasteiger partial charge in [0, 0.05) is 85.6 Å². The summed E-state index contributed by atoms with van der Waals surface area (Å²) >= 11 is 26.4. The summed E-state index contributed by atoms with van der Waals surface area (Å²) in [6.07, 6.45) is 15.8. The van der Waals surface area contributed by atoms with Crippen LogP contribution < -0.4 is 28.7 Å². The highest BCUT2D eigenvalue weighted by Gasteiger charge is 2.36. The largest absolute Gasteiger partial charge is 0.456 e. The molecule has 13 rings (SSSR count). The van der Waals surface area contributed by atoms with Crippen LogP contribution in [0.4, 0.5) is 11.6 Å². The Labute approximate surface area is 494 Å². The van der Waals surface area contributed by atoms with Gasteiger partial charge in [-0.05, 0) is 96.1 Å². The van der Waals surface area contributed by atoms with E-state index in [-0.39, 0.29) is 76.9 Å². The summed E-state index contributed by atoms with van der Waals surface area (Å²) in [5.41, 5.74) is 2.54. The molecule has 0 aliphatic carbocycles. The molecule has 5 atom stereocenters. The lowest BCUT2D eigenvalue weighted by Gasteiger charge is -2.29. The molecule has 2 aromatic carbocycles. The summed E-state index contributed by atoms with van der Waals surface area (Å²) in [5.74, 6) is 2.89. The lowest BCUT2D eigenvalue weighted by Crippen LogP contribution is -2.33. The second-order valence-corrected chi connectivity index (χ2v) is 22.5. The first-order valence-electron chi connectivity index (χ1n) is 27.2. The smallest absolute Gasteiger partial charge is 0.319 e. The fourth-order valence-corrected chi connectivity index (χ4v) is 12.2. The minimum Gasteiger partial charge on any atom is -0.456 e. The van der Waals surface area contributed by atoms with E-state index in [0.29, 0.717) is 68.6 Å². The number of aromatic nitrogens is 10. The van der Waals surface area contributed by atoms with Crippen LogP contribution in [0.1, 0.15) is 64.0 Å². The molecule has 1 N–H and O–H groups in total. The quantitative estimate of drug-likeness (QED) is 0.114. The maximum Gasteiger partial charge on any atom is 0.319 e. The summed E-state index contributed by atoms with van der Waals surface area (Å²) in [5, 5.41) is 15.9. The van der Waals surface area contributed by atoms with E-state index >= 15 is 0 Å². The monoisotopic (exact) mass is 1210 g/mol. The molecule has 0 amide bonds. The van der Waals surface area contributed by atoms with Crippen molar-refractivity contribution < 1.29 is 33.2 Å². The highest BCUT2D eigenvalue weighted by molar-refractivity contribution is 6.44. The molecule has 0 saturated carbocycles. The molecule has 1 unspecified atom stereocenters. The van der Waals surface area contributed by atoms with Gasteiger partial charge >= 0.3 is 12.0 Å². The van der Waals surface area contributed by atoms with Crippen LogP contribution in [-0.2, 0) is 14.2 Å². The molecule has 6 aromatic heterocycles. The molecular formula is C55H63Cl5N14O7. The third kappa shape index (κ3) is 11.9. The van der Waals surface area contributed by atoms with Gasteiger partial charge in [-0.25, -0.2) is 14.6 Å². The standard InChI is InChI=1S/C30H35Cl2N7O4.C25H27Cl2N7O3.ClH/c1-37-16-22(40-2)23(17-37)42-30-35-26-18(28(36-30)38-11-5-3-6-12-38)9-10-33-29(26)43-27-19-15-34-39(24-8-4-7-13-41-24)21(19)14-20(31)25(27)32;1-33-12-18(35-2)19(13-33)36-25-30-21-14(23(31-25)34-8-4-3-5-9-34)6-7-28-24(21)37-22-15-11-29-32-17(15)10-16(26)20(22)27;/h9-10,14-15,22-24H,3-8,11-13,16-17H2,1-2H3;6-7,10-11,18-19H,3-5,8-9,12-13H2,1-2H3,(H,29,32);1H/t22-,23-,24?;18-,19-;/m11./s1. The number of likely N-dealkylation sites (tertiary alicyclic amines) is 2. The van der Waals surface area contributed by atoms with Gasteiger partial charge in [-0.2, -0.15) is 30.1 Å². The second-order valence-electron chi connectivity index (χ2n) is 21.0. The molecule has 430 valence electrons. The minimum atomic E-state index is -0.211. The van der Waals surface area contributed by atoms with Crippen molar-refractivity contribution in [2.45, 2.75) is 88.4 Å². The zero-order valence-corrected chi connectivity index (χ0v) is 49.2. The SMILES string of the molecule is CO[C@@H]1CN(C)C[C@H]1Oc1nc(N2CCCCC2)c2ccnc(Oc3c(Cl)c(Cl)cc4[nH]ncc34)c2n1.CO[C@@H]1CN(C)C[C@H]1Oc1nc(N2CCCCC2)c2ccnc(Oc3c(Cl)c(Cl)cc4c3cnn4C3CCCCO3)c2n1.Cl. The van der Waals surface area contributed by atoms with Crippen molar-refractivity contribution in [3.63, 3.8) is 0 Å². The van der Waals surface area contributed by atoms with E-state index in [1.54, 1.807) is 51.1 Å². The van der Waals surface area contributed by atoms with E-state index in [1.165, 1.54) is 12.8 Å². The summed E-state index contributed by atoms with van der Waals surface area (Å²) in [6.45, 7) is 7.29. The Balaban J connectivity index is 0.000000170. The zero-order chi connectivity index (χ0) is 55.0. The van der Waals surface area contributed by atoms with Crippen LogP contribution in [0, 0.1) is 0 Å². The Morgan fingerprint density at radius 2 is 1.11 bits per heavy atom. The normalized spacial score (nSPS) is 21.9. The average Bonchev–Trinajstić information content (AvgIpc) is 4.51. The number of likely N-dealkylation sites (N-methyl/N-ethyl adjacent to an activating group) is 2. The van der Waals surface area contributed by atoms with Gasteiger partial charge in [-0.3, -0.25) is 14.9 Å². The van der Waals surface area contributed by atoms with Gasteiger partial charge in [0.25, 0.3) is 0 Å². The topological polar surface area (TPSA) is 201 Å². The number of nitrogens with zero attached hydrogens (tertiary/aromatic N) is 13. The number of benzene rings is 2. The number of ether oxygens (including phenoxy) is 7. The van der Waals surface area contributed by atoms with Gasteiger partial charge in [0.15, 0.2) is 17.7 Å². The van der Waals surface area contributed by atoms with Gasteiger partial charge < -0.3 is 43.0 Å². The van der Waals surface area contributed by atoms with Gasteiger partial charge in [0.2, 0.25) is 11.8 Å². The Morgan fingerprint density at radius 3 is 1.63 bits per heavy atom. The van der Waals surface area contributed by atoms with Crippen molar-refractivity contribution in [2.75, 3.05) is 97.1 Å². The van der Waals surface area contributed by atoms with E-state index in [4.69, 9.17) is 99.5 Å². The lowest BCUT2D eigenvalue weighted by molar-refractivity contribution is -0.0366. The van der Waals surface area contributed by atoms with E-state index < -0.39 is 0 Å². The number of fused-ring (bicyclic) bond motifs is 4. The number of pyridine rings is 2. The molecule has 5 saturated heterocycles. The van der Waals surface area contributed by atoms with E-state index in [1.807, 2.05) is 30.9 Å². The number of nitrogens with one attached hydrogen (secondary N) is 1. The Hall–Kier alpha value is -5.59. The Kier molecular flexibility index (Phi) is 17.7. The highest BCUT2D eigenvalue weighted by atomic mass is 35.5.